The number of phenolic OH excluding ortho intramolecular Hbond substituents is 1. The minimum atomic E-state index is 0.338. The lowest BCUT2D eigenvalue weighted by atomic mass is 9.77. The molecule has 1 aromatic carbocycles. The molecule has 1 heterocycles. The molecule has 2 aliphatic rings. The zero-order chi connectivity index (χ0) is 13.8. The highest BCUT2D eigenvalue weighted by molar-refractivity contribution is 5.47. The fourth-order valence-corrected chi connectivity index (χ4v) is 3.84. The molecule has 3 rings (SSSR count). The molecule has 0 amide bonds. The number of nitrogens with one attached hydrogen (secondary N) is 2. The van der Waals surface area contributed by atoms with Crippen molar-refractivity contribution in [3.05, 3.63) is 24.3 Å². The van der Waals surface area contributed by atoms with Gasteiger partial charge >= 0.3 is 0 Å². The molecule has 1 aliphatic carbocycles. The van der Waals surface area contributed by atoms with Crippen LogP contribution in [0.4, 0.5) is 5.69 Å². The van der Waals surface area contributed by atoms with Gasteiger partial charge in [-0.15, -0.1) is 0 Å². The molecule has 0 bridgehead atoms. The van der Waals surface area contributed by atoms with Crippen molar-refractivity contribution in [2.24, 2.45) is 5.92 Å². The number of aromatic hydroxyl groups is 1. The minimum Gasteiger partial charge on any atom is -0.508 e. The van der Waals surface area contributed by atoms with E-state index < -0.39 is 0 Å². The Labute approximate surface area is 121 Å². The molecule has 3 unspecified atom stereocenters. The van der Waals surface area contributed by atoms with E-state index in [0.717, 1.165) is 11.6 Å². The van der Waals surface area contributed by atoms with Crippen LogP contribution in [0.3, 0.4) is 0 Å². The van der Waals surface area contributed by atoms with E-state index in [0.29, 0.717) is 17.8 Å². The predicted molar refractivity (Wildman–Crippen MR) is 83.1 cm³/mol. The number of hydrogen-bond acceptors (Lipinski definition) is 3. The van der Waals surface area contributed by atoms with E-state index in [-0.39, 0.29) is 0 Å². The second-order valence-electron chi connectivity index (χ2n) is 6.30. The largest absolute Gasteiger partial charge is 0.508 e. The third kappa shape index (κ3) is 3.26. The highest BCUT2D eigenvalue weighted by atomic mass is 16.3. The van der Waals surface area contributed by atoms with Crippen LogP contribution in [0.2, 0.25) is 0 Å². The number of benzene rings is 1. The molecule has 20 heavy (non-hydrogen) atoms. The van der Waals surface area contributed by atoms with Gasteiger partial charge in [0.05, 0.1) is 0 Å². The molecule has 3 N–H and O–H groups in total. The Morgan fingerprint density at radius 3 is 2.45 bits per heavy atom. The van der Waals surface area contributed by atoms with Gasteiger partial charge in [-0.25, -0.2) is 0 Å². The number of rotatable bonds is 3. The van der Waals surface area contributed by atoms with Crippen molar-refractivity contribution in [1.82, 2.24) is 5.32 Å². The third-order valence-electron chi connectivity index (χ3n) is 4.90. The molecular weight excluding hydrogens is 248 g/mol. The van der Waals surface area contributed by atoms with E-state index in [4.69, 9.17) is 0 Å². The van der Waals surface area contributed by atoms with E-state index in [1.54, 1.807) is 12.1 Å². The molecule has 1 saturated carbocycles. The van der Waals surface area contributed by atoms with Crippen molar-refractivity contribution < 1.29 is 5.11 Å². The zero-order valence-corrected chi connectivity index (χ0v) is 12.1. The fraction of sp³-hybridized carbons (Fsp3) is 0.647. The molecule has 1 aromatic rings. The van der Waals surface area contributed by atoms with Crippen molar-refractivity contribution in [3.63, 3.8) is 0 Å². The second-order valence-corrected chi connectivity index (χ2v) is 6.30. The lowest BCUT2D eigenvalue weighted by Crippen LogP contribution is -2.48. The number of anilines is 1. The summed E-state index contributed by atoms with van der Waals surface area (Å²) in [6, 6.07) is 8.75. The predicted octanol–water partition coefficient (Wildman–Crippen LogP) is 3.51. The average Bonchev–Trinajstić information content (AvgIpc) is 2.51. The van der Waals surface area contributed by atoms with Gasteiger partial charge in [0, 0.05) is 17.8 Å². The maximum absolute atomic E-state index is 9.38. The van der Waals surface area contributed by atoms with Gasteiger partial charge in [-0.3, -0.25) is 0 Å². The Morgan fingerprint density at radius 1 is 0.950 bits per heavy atom. The maximum Gasteiger partial charge on any atom is 0.115 e. The van der Waals surface area contributed by atoms with Crippen molar-refractivity contribution in [1.29, 1.82) is 0 Å². The Kier molecular flexibility index (Phi) is 4.46. The summed E-state index contributed by atoms with van der Waals surface area (Å²) in [4.78, 5) is 0. The molecule has 3 atom stereocenters. The van der Waals surface area contributed by atoms with Crippen molar-refractivity contribution >= 4 is 5.69 Å². The van der Waals surface area contributed by atoms with E-state index in [2.05, 4.69) is 10.6 Å². The van der Waals surface area contributed by atoms with Crippen LogP contribution in [0.1, 0.15) is 44.9 Å². The molecule has 2 fully saturated rings. The first kappa shape index (κ1) is 13.7. The third-order valence-corrected chi connectivity index (χ3v) is 4.90. The Bertz CT molecular complexity index is 412. The molecule has 0 radical (unpaired) electrons. The second kappa shape index (κ2) is 6.49. The minimum absolute atomic E-state index is 0.338. The average molecular weight is 274 g/mol. The van der Waals surface area contributed by atoms with Crippen molar-refractivity contribution in [3.8, 4) is 5.75 Å². The molecule has 1 saturated heterocycles. The van der Waals surface area contributed by atoms with Crippen LogP contribution in [-0.4, -0.2) is 23.7 Å². The van der Waals surface area contributed by atoms with Gasteiger partial charge in [0.25, 0.3) is 0 Å². The molecule has 1 aliphatic heterocycles. The topological polar surface area (TPSA) is 44.3 Å². The number of hydrogen-bond donors (Lipinski definition) is 3. The monoisotopic (exact) mass is 274 g/mol. The molecule has 3 heteroatoms. The summed E-state index contributed by atoms with van der Waals surface area (Å²) >= 11 is 0. The first-order valence-corrected chi connectivity index (χ1v) is 8.12. The van der Waals surface area contributed by atoms with Crippen LogP contribution in [0, 0.1) is 5.92 Å². The van der Waals surface area contributed by atoms with Crippen LogP contribution in [0.15, 0.2) is 24.3 Å². The Hall–Kier alpha value is -1.22. The standard InChI is InChI=1S/C17H26N2O/c20-14-10-8-13(9-11-14)19-17-7-2-1-5-15(17)16-6-3-4-12-18-16/h8-11,15-20H,1-7,12H2. The number of piperidine rings is 1. The lowest BCUT2D eigenvalue weighted by molar-refractivity contribution is 0.217. The van der Waals surface area contributed by atoms with Gasteiger partial charge in [0.1, 0.15) is 5.75 Å². The maximum atomic E-state index is 9.38. The molecule has 110 valence electrons. The van der Waals surface area contributed by atoms with Gasteiger partial charge in [-0.1, -0.05) is 19.3 Å². The summed E-state index contributed by atoms with van der Waals surface area (Å²) in [5, 5.41) is 16.8. The van der Waals surface area contributed by atoms with Crippen LogP contribution >= 0.6 is 0 Å². The van der Waals surface area contributed by atoms with Gasteiger partial charge < -0.3 is 15.7 Å². The van der Waals surface area contributed by atoms with Crippen molar-refractivity contribution in [2.45, 2.75) is 57.0 Å². The quantitative estimate of drug-likeness (QED) is 0.739. The van der Waals surface area contributed by atoms with Gasteiger partial charge in [0.15, 0.2) is 0 Å². The van der Waals surface area contributed by atoms with E-state index in [1.165, 1.54) is 51.5 Å². The molecule has 3 nitrogen and oxygen atoms in total. The van der Waals surface area contributed by atoms with Gasteiger partial charge in [-0.05, 0) is 62.4 Å². The smallest absolute Gasteiger partial charge is 0.115 e. The summed E-state index contributed by atoms with van der Waals surface area (Å²) in [5.41, 5.74) is 1.13. The van der Waals surface area contributed by atoms with Crippen LogP contribution in [0.25, 0.3) is 0 Å². The summed E-state index contributed by atoms with van der Waals surface area (Å²) in [7, 11) is 0. The molecule has 0 aromatic heterocycles. The summed E-state index contributed by atoms with van der Waals surface area (Å²) in [5.74, 6) is 1.09. The lowest BCUT2D eigenvalue weighted by Gasteiger charge is -2.40. The highest BCUT2D eigenvalue weighted by Gasteiger charge is 2.32. The number of phenols is 1. The summed E-state index contributed by atoms with van der Waals surface area (Å²) in [6.07, 6.45) is 9.35. The Morgan fingerprint density at radius 2 is 1.70 bits per heavy atom. The summed E-state index contributed by atoms with van der Waals surface area (Å²) in [6.45, 7) is 1.19. The normalized spacial score (nSPS) is 30.9. The van der Waals surface area contributed by atoms with Gasteiger partial charge in [-0.2, -0.15) is 0 Å². The molecule has 0 spiro atoms. The SMILES string of the molecule is Oc1ccc(NC2CCCCC2C2CCCCN2)cc1. The zero-order valence-electron chi connectivity index (χ0n) is 12.1. The highest BCUT2D eigenvalue weighted by Crippen LogP contribution is 2.32. The fourth-order valence-electron chi connectivity index (χ4n) is 3.84. The first-order valence-electron chi connectivity index (χ1n) is 8.12. The van der Waals surface area contributed by atoms with E-state index in [9.17, 15) is 5.11 Å². The van der Waals surface area contributed by atoms with E-state index >= 15 is 0 Å². The van der Waals surface area contributed by atoms with Crippen LogP contribution < -0.4 is 10.6 Å². The van der Waals surface area contributed by atoms with Crippen LogP contribution in [-0.2, 0) is 0 Å². The van der Waals surface area contributed by atoms with Gasteiger partial charge in [0.2, 0.25) is 0 Å². The van der Waals surface area contributed by atoms with E-state index in [1.807, 2.05) is 12.1 Å². The Balaban J connectivity index is 1.66. The summed E-state index contributed by atoms with van der Waals surface area (Å²) < 4.78 is 0. The van der Waals surface area contributed by atoms with Crippen molar-refractivity contribution in [2.75, 3.05) is 11.9 Å². The molecular formula is C17H26N2O. The first-order chi connectivity index (χ1) is 9.83. The van der Waals surface area contributed by atoms with Crippen LogP contribution in [0.5, 0.6) is 5.75 Å².